The molecule has 3 nitrogen and oxygen atoms in total. The summed E-state index contributed by atoms with van der Waals surface area (Å²) in [6.07, 6.45) is 4.90. The van der Waals surface area contributed by atoms with Crippen molar-refractivity contribution in [3.8, 4) is 11.3 Å². The van der Waals surface area contributed by atoms with E-state index in [4.69, 9.17) is 16.6 Å². The van der Waals surface area contributed by atoms with Gasteiger partial charge in [-0.1, -0.05) is 78.4 Å². The fourth-order valence-corrected chi connectivity index (χ4v) is 4.48. The fourth-order valence-electron chi connectivity index (χ4n) is 4.34. The van der Waals surface area contributed by atoms with Gasteiger partial charge >= 0.3 is 0 Å². The second kappa shape index (κ2) is 8.85. The largest absolute Gasteiger partial charge is 0.323 e. The van der Waals surface area contributed by atoms with Gasteiger partial charge in [-0.3, -0.25) is 9.78 Å². The Kier molecular flexibility index (Phi) is 6.01. The first-order chi connectivity index (χ1) is 14.6. The van der Waals surface area contributed by atoms with Crippen LogP contribution in [0.2, 0.25) is 0 Å². The van der Waals surface area contributed by atoms with E-state index in [1.165, 1.54) is 5.57 Å². The highest BCUT2D eigenvalue weighted by Gasteiger charge is 2.36. The molecule has 0 fully saturated rings. The lowest BCUT2D eigenvalue weighted by Gasteiger charge is -2.42. The maximum Gasteiger partial charge on any atom is 0.238 e. The van der Waals surface area contributed by atoms with Crippen molar-refractivity contribution in [2.45, 2.75) is 32.4 Å². The van der Waals surface area contributed by atoms with Crippen molar-refractivity contribution >= 4 is 17.5 Å². The number of aryl methyl sites for hydroxylation is 1. The van der Waals surface area contributed by atoms with Gasteiger partial charge in [-0.25, -0.2) is 0 Å². The standard InChI is InChI=1S/C26H25ClN2O/c1-18-13-14-23(29(24(30)16-27)26(18)21-11-7-4-8-12-21)22-15-19(2)25(28-17-22)20-9-5-3-6-10-20/h3-13,15,17,23,26H,14,16H2,1-2H3. The maximum atomic E-state index is 13.0. The molecule has 1 aromatic heterocycles. The number of amides is 1. The average Bonchev–Trinajstić information content (AvgIpc) is 2.79. The minimum Gasteiger partial charge on any atom is -0.323 e. The summed E-state index contributed by atoms with van der Waals surface area (Å²) in [6.45, 7) is 4.16. The monoisotopic (exact) mass is 416 g/mol. The summed E-state index contributed by atoms with van der Waals surface area (Å²) in [7, 11) is 0. The molecular formula is C26H25ClN2O. The number of hydrogen-bond acceptors (Lipinski definition) is 2. The second-order valence-electron chi connectivity index (χ2n) is 7.75. The second-order valence-corrected chi connectivity index (χ2v) is 8.01. The van der Waals surface area contributed by atoms with Gasteiger partial charge in [0.2, 0.25) is 5.91 Å². The zero-order valence-electron chi connectivity index (χ0n) is 17.3. The van der Waals surface area contributed by atoms with E-state index in [1.807, 2.05) is 47.5 Å². The molecule has 2 heterocycles. The average molecular weight is 417 g/mol. The number of aromatic nitrogens is 1. The Bertz CT molecular complexity index is 1060. The lowest BCUT2D eigenvalue weighted by atomic mass is 9.87. The molecule has 2 unspecified atom stereocenters. The van der Waals surface area contributed by atoms with Crippen molar-refractivity contribution in [3.05, 3.63) is 101 Å². The molecule has 0 radical (unpaired) electrons. The molecule has 1 amide bonds. The molecule has 0 spiro atoms. The van der Waals surface area contributed by atoms with Crippen LogP contribution >= 0.6 is 11.6 Å². The van der Waals surface area contributed by atoms with Crippen LogP contribution in [0.15, 0.2) is 84.6 Å². The molecule has 0 aliphatic carbocycles. The first kappa shape index (κ1) is 20.4. The van der Waals surface area contributed by atoms with Crippen LogP contribution in [0.25, 0.3) is 11.3 Å². The third-order valence-electron chi connectivity index (χ3n) is 5.76. The summed E-state index contributed by atoms with van der Waals surface area (Å²) < 4.78 is 0. The van der Waals surface area contributed by atoms with E-state index in [-0.39, 0.29) is 23.9 Å². The molecule has 0 saturated heterocycles. The number of halogens is 1. The zero-order chi connectivity index (χ0) is 21.1. The number of rotatable bonds is 4. The van der Waals surface area contributed by atoms with Crippen molar-refractivity contribution in [1.82, 2.24) is 9.88 Å². The van der Waals surface area contributed by atoms with Crippen LogP contribution in [-0.2, 0) is 4.79 Å². The summed E-state index contributed by atoms with van der Waals surface area (Å²) in [4.78, 5) is 19.7. The molecule has 0 bridgehead atoms. The number of nitrogens with zero attached hydrogens (tertiary/aromatic N) is 2. The molecule has 2 aromatic carbocycles. The van der Waals surface area contributed by atoms with Gasteiger partial charge in [0.05, 0.1) is 17.8 Å². The van der Waals surface area contributed by atoms with E-state index in [1.54, 1.807) is 0 Å². The van der Waals surface area contributed by atoms with Crippen LogP contribution in [0.4, 0.5) is 0 Å². The summed E-state index contributed by atoms with van der Waals surface area (Å²) in [6, 6.07) is 22.3. The van der Waals surface area contributed by atoms with Crippen LogP contribution in [-0.4, -0.2) is 21.7 Å². The predicted octanol–water partition coefficient (Wildman–Crippen LogP) is 6.26. The van der Waals surface area contributed by atoms with Crippen LogP contribution in [0.3, 0.4) is 0 Å². The van der Waals surface area contributed by atoms with Gasteiger partial charge in [0.25, 0.3) is 0 Å². The topological polar surface area (TPSA) is 33.2 Å². The van der Waals surface area contributed by atoms with E-state index >= 15 is 0 Å². The molecule has 30 heavy (non-hydrogen) atoms. The molecule has 4 rings (SSSR count). The number of alkyl halides is 1. The van der Waals surface area contributed by atoms with Gasteiger partial charge in [-0.15, -0.1) is 11.6 Å². The molecule has 4 heteroatoms. The van der Waals surface area contributed by atoms with Crippen LogP contribution < -0.4 is 0 Å². The van der Waals surface area contributed by atoms with E-state index in [2.05, 4.69) is 50.3 Å². The zero-order valence-corrected chi connectivity index (χ0v) is 18.0. The molecular weight excluding hydrogens is 392 g/mol. The van der Waals surface area contributed by atoms with Gasteiger partial charge in [-0.2, -0.15) is 0 Å². The minimum absolute atomic E-state index is 0.0401. The molecule has 2 atom stereocenters. The van der Waals surface area contributed by atoms with Crippen molar-refractivity contribution in [2.75, 3.05) is 5.88 Å². The third-order valence-corrected chi connectivity index (χ3v) is 5.99. The molecule has 1 aliphatic rings. The van der Waals surface area contributed by atoms with E-state index in [0.29, 0.717) is 0 Å². The summed E-state index contributed by atoms with van der Waals surface area (Å²) in [5, 5.41) is 0. The summed E-state index contributed by atoms with van der Waals surface area (Å²) in [5.74, 6) is -0.102. The number of hydrogen-bond donors (Lipinski definition) is 0. The van der Waals surface area contributed by atoms with Gasteiger partial charge < -0.3 is 4.90 Å². The molecule has 0 saturated carbocycles. The highest BCUT2D eigenvalue weighted by molar-refractivity contribution is 6.27. The van der Waals surface area contributed by atoms with E-state index in [0.717, 1.165) is 34.4 Å². The molecule has 3 aromatic rings. The Morgan fingerprint density at radius 3 is 2.33 bits per heavy atom. The van der Waals surface area contributed by atoms with E-state index in [9.17, 15) is 4.79 Å². The maximum absolute atomic E-state index is 13.0. The molecule has 1 aliphatic heterocycles. The summed E-state index contributed by atoms with van der Waals surface area (Å²) in [5.41, 5.74) is 6.46. The normalized spacial score (nSPS) is 18.8. The Morgan fingerprint density at radius 2 is 1.70 bits per heavy atom. The number of pyridine rings is 1. The fraction of sp³-hybridized carbons (Fsp3) is 0.231. The van der Waals surface area contributed by atoms with Crippen molar-refractivity contribution in [2.24, 2.45) is 0 Å². The number of carbonyl (C=O) groups excluding carboxylic acids is 1. The SMILES string of the molecule is CC1=CCC(c2cnc(-c3ccccc3)c(C)c2)N(C(=O)CCl)C1c1ccccc1. The highest BCUT2D eigenvalue weighted by Crippen LogP contribution is 2.42. The van der Waals surface area contributed by atoms with Gasteiger partial charge in [0.1, 0.15) is 5.88 Å². The minimum atomic E-state index is -0.120. The lowest BCUT2D eigenvalue weighted by molar-refractivity contribution is -0.133. The van der Waals surface area contributed by atoms with E-state index < -0.39 is 0 Å². The Morgan fingerprint density at radius 1 is 1.03 bits per heavy atom. The van der Waals surface area contributed by atoms with Crippen molar-refractivity contribution < 1.29 is 4.79 Å². The van der Waals surface area contributed by atoms with Crippen LogP contribution in [0.1, 0.15) is 42.1 Å². The van der Waals surface area contributed by atoms with Crippen LogP contribution in [0, 0.1) is 6.92 Å². The smallest absolute Gasteiger partial charge is 0.238 e. The third kappa shape index (κ3) is 3.90. The molecule has 152 valence electrons. The van der Waals surface area contributed by atoms with Crippen LogP contribution in [0.5, 0.6) is 0 Å². The quantitative estimate of drug-likeness (QED) is 0.371. The number of benzene rings is 2. The Balaban J connectivity index is 1.76. The highest BCUT2D eigenvalue weighted by atomic mass is 35.5. The summed E-state index contributed by atoms with van der Waals surface area (Å²) >= 11 is 6.05. The first-order valence-electron chi connectivity index (χ1n) is 10.2. The van der Waals surface area contributed by atoms with Crippen molar-refractivity contribution in [1.29, 1.82) is 0 Å². The molecule has 0 N–H and O–H groups in total. The van der Waals surface area contributed by atoms with Crippen molar-refractivity contribution in [3.63, 3.8) is 0 Å². The van der Waals surface area contributed by atoms with Gasteiger partial charge in [0.15, 0.2) is 0 Å². The van der Waals surface area contributed by atoms with Gasteiger partial charge in [-0.05, 0) is 37.0 Å². The Hall–Kier alpha value is -2.91. The lowest BCUT2D eigenvalue weighted by Crippen LogP contribution is -2.41. The van der Waals surface area contributed by atoms with Gasteiger partial charge in [0, 0.05) is 11.8 Å². The Labute approximate surface area is 183 Å². The predicted molar refractivity (Wildman–Crippen MR) is 122 cm³/mol. The first-order valence-corrected chi connectivity index (χ1v) is 10.7. The number of carbonyl (C=O) groups is 1.